The molecule has 1 atom stereocenters. The van der Waals surface area contributed by atoms with E-state index in [9.17, 15) is 0 Å². The molecule has 130 valence electrons. The second kappa shape index (κ2) is 8.24. The Balaban J connectivity index is 1.88. The average Bonchev–Trinajstić information content (AvgIpc) is 2.69. The van der Waals surface area contributed by atoms with Gasteiger partial charge in [-0.2, -0.15) is 0 Å². The normalized spacial score (nSPS) is 20.0. The summed E-state index contributed by atoms with van der Waals surface area (Å²) in [6.45, 7) is 6.79. The Morgan fingerprint density at radius 1 is 1.33 bits per heavy atom. The van der Waals surface area contributed by atoms with Gasteiger partial charge in [-0.1, -0.05) is 31.2 Å². The van der Waals surface area contributed by atoms with Gasteiger partial charge in [0, 0.05) is 30.8 Å². The maximum absolute atomic E-state index is 5.66. The lowest BCUT2D eigenvalue weighted by Gasteiger charge is -2.26. The van der Waals surface area contributed by atoms with E-state index < -0.39 is 0 Å². The van der Waals surface area contributed by atoms with E-state index in [4.69, 9.17) is 4.74 Å². The minimum absolute atomic E-state index is 0.245. The van der Waals surface area contributed by atoms with Crippen LogP contribution >= 0.6 is 11.9 Å². The summed E-state index contributed by atoms with van der Waals surface area (Å²) < 4.78 is 8.01. The first kappa shape index (κ1) is 17.6. The number of nitrogens with zero attached hydrogens (tertiary/aromatic N) is 1. The van der Waals surface area contributed by atoms with Crippen LogP contribution in [0.1, 0.15) is 43.4 Å². The van der Waals surface area contributed by atoms with Crippen molar-refractivity contribution >= 4 is 11.9 Å². The maximum Gasteiger partial charge on any atom is 0.0606 e. The van der Waals surface area contributed by atoms with Crippen LogP contribution in [0.4, 0.5) is 0 Å². The number of hydrogen-bond donors (Lipinski definition) is 1. The highest BCUT2D eigenvalue weighted by Crippen LogP contribution is 2.43. The smallest absolute Gasteiger partial charge is 0.0606 e. The predicted octanol–water partition coefficient (Wildman–Crippen LogP) is 4.61. The molecule has 2 aliphatic rings. The van der Waals surface area contributed by atoms with Crippen molar-refractivity contribution in [2.75, 3.05) is 26.8 Å². The van der Waals surface area contributed by atoms with Gasteiger partial charge in [0.1, 0.15) is 0 Å². The van der Waals surface area contributed by atoms with E-state index in [-0.39, 0.29) is 6.04 Å². The van der Waals surface area contributed by atoms with Gasteiger partial charge in [0.2, 0.25) is 0 Å². The van der Waals surface area contributed by atoms with Gasteiger partial charge in [0.05, 0.1) is 12.6 Å². The molecule has 0 saturated carbocycles. The van der Waals surface area contributed by atoms with Crippen LogP contribution in [0.3, 0.4) is 0 Å². The molecule has 1 aliphatic carbocycles. The number of nitrogens with one attached hydrogen (secondary N) is 1. The molecular weight excluding hydrogens is 316 g/mol. The third kappa shape index (κ3) is 3.88. The van der Waals surface area contributed by atoms with Crippen molar-refractivity contribution in [1.29, 1.82) is 0 Å². The molecule has 24 heavy (non-hydrogen) atoms. The van der Waals surface area contributed by atoms with Crippen molar-refractivity contribution in [2.45, 2.75) is 44.0 Å². The van der Waals surface area contributed by atoms with Gasteiger partial charge in [-0.25, -0.2) is 0 Å². The Labute approximate surface area is 150 Å². The van der Waals surface area contributed by atoms with Crippen LogP contribution in [0.2, 0.25) is 0 Å². The molecule has 0 saturated heterocycles. The molecule has 1 unspecified atom stereocenters. The average molecular weight is 345 g/mol. The van der Waals surface area contributed by atoms with E-state index in [1.54, 1.807) is 0 Å². The zero-order chi connectivity index (χ0) is 16.9. The SMILES string of the molecule is CCCOCCNC1C2=C(CCC=C2)N(C)Sc2cc(C)ccc21. The summed E-state index contributed by atoms with van der Waals surface area (Å²) in [5, 5.41) is 3.74. The summed E-state index contributed by atoms with van der Waals surface area (Å²) in [6, 6.07) is 7.06. The molecule has 4 heteroatoms. The van der Waals surface area contributed by atoms with E-state index in [1.165, 1.54) is 27.3 Å². The molecular formula is C20H28N2OS. The molecule has 0 radical (unpaired) electrons. The van der Waals surface area contributed by atoms with Crippen LogP contribution in [0.15, 0.2) is 46.5 Å². The lowest BCUT2D eigenvalue weighted by atomic mass is 9.91. The molecule has 1 heterocycles. The van der Waals surface area contributed by atoms with Gasteiger partial charge >= 0.3 is 0 Å². The number of ether oxygens (including phenoxy) is 1. The van der Waals surface area contributed by atoms with Crippen molar-refractivity contribution in [2.24, 2.45) is 0 Å². The fourth-order valence-electron chi connectivity index (χ4n) is 3.34. The van der Waals surface area contributed by atoms with Crippen LogP contribution in [0.25, 0.3) is 0 Å². The molecule has 1 aromatic carbocycles. The van der Waals surface area contributed by atoms with E-state index in [0.717, 1.165) is 39.0 Å². The summed E-state index contributed by atoms with van der Waals surface area (Å²) in [7, 11) is 2.19. The van der Waals surface area contributed by atoms with Gasteiger partial charge in [0.25, 0.3) is 0 Å². The summed E-state index contributed by atoms with van der Waals surface area (Å²) in [6.07, 6.45) is 7.94. The Hall–Kier alpha value is -1.23. The fourth-order valence-corrected chi connectivity index (χ4v) is 4.48. The van der Waals surface area contributed by atoms with E-state index in [0.29, 0.717) is 0 Å². The maximum atomic E-state index is 5.66. The zero-order valence-electron chi connectivity index (χ0n) is 15.0. The molecule has 0 fully saturated rings. The Morgan fingerprint density at radius 2 is 2.21 bits per heavy atom. The van der Waals surface area contributed by atoms with E-state index in [2.05, 4.69) is 60.9 Å². The number of hydrogen-bond acceptors (Lipinski definition) is 4. The van der Waals surface area contributed by atoms with Gasteiger partial charge in [0.15, 0.2) is 0 Å². The summed E-state index contributed by atoms with van der Waals surface area (Å²) >= 11 is 1.85. The summed E-state index contributed by atoms with van der Waals surface area (Å²) in [5.74, 6) is 0. The number of benzene rings is 1. The van der Waals surface area contributed by atoms with Crippen molar-refractivity contribution in [3.05, 3.63) is 52.7 Å². The lowest BCUT2D eigenvalue weighted by Crippen LogP contribution is -2.28. The van der Waals surface area contributed by atoms with Crippen LogP contribution < -0.4 is 5.32 Å². The summed E-state index contributed by atoms with van der Waals surface area (Å²) in [5.41, 5.74) is 5.55. The molecule has 3 rings (SSSR count). The molecule has 0 bridgehead atoms. The Bertz CT molecular complexity index is 639. The number of rotatable bonds is 6. The van der Waals surface area contributed by atoms with E-state index >= 15 is 0 Å². The van der Waals surface area contributed by atoms with Gasteiger partial charge < -0.3 is 14.4 Å². The van der Waals surface area contributed by atoms with Crippen molar-refractivity contribution in [1.82, 2.24) is 9.62 Å². The third-order valence-corrected chi connectivity index (χ3v) is 5.57. The molecule has 1 N–H and O–H groups in total. The number of aryl methyl sites for hydroxylation is 1. The fraction of sp³-hybridized carbons (Fsp3) is 0.500. The zero-order valence-corrected chi connectivity index (χ0v) is 15.8. The third-order valence-electron chi connectivity index (χ3n) is 4.53. The lowest BCUT2D eigenvalue weighted by molar-refractivity contribution is 0.135. The predicted molar refractivity (Wildman–Crippen MR) is 102 cm³/mol. The first-order valence-electron chi connectivity index (χ1n) is 8.93. The highest BCUT2D eigenvalue weighted by molar-refractivity contribution is 7.97. The van der Waals surface area contributed by atoms with Crippen LogP contribution in [-0.4, -0.2) is 31.1 Å². The number of fused-ring (bicyclic) bond motifs is 1. The Kier molecular flexibility index (Phi) is 6.04. The van der Waals surface area contributed by atoms with Crippen molar-refractivity contribution in [3.8, 4) is 0 Å². The van der Waals surface area contributed by atoms with E-state index in [1.807, 2.05) is 11.9 Å². The molecule has 0 amide bonds. The van der Waals surface area contributed by atoms with Crippen molar-refractivity contribution < 1.29 is 4.74 Å². The van der Waals surface area contributed by atoms with Gasteiger partial charge in [-0.05, 0) is 60.9 Å². The first-order chi connectivity index (χ1) is 11.7. The molecule has 0 spiro atoms. The van der Waals surface area contributed by atoms with Gasteiger partial charge in [-0.15, -0.1) is 0 Å². The standard InChI is InChI=1S/C20H28N2OS/c1-4-12-23-13-11-21-20-16-7-5-6-8-18(16)22(3)24-19-14-15(2)9-10-17(19)20/h5,7,9-10,14,20-21H,4,6,8,11-13H2,1-3H3. The van der Waals surface area contributed by atoms with Gasteiger partial charge in [-0.3, -0.25) is 0 Å². The first-order valence-corrected chi connectivity index (χ1v) is 9.71. The highest BCUT2D eigenvalue weighted by atomic mass is 32.2. The largest absolute Gasteiger partial charge is 0.380 e. The minimum Gasteiger partial charge on any atom is -0.380 e. The minimum atomic E-state index is 0.245. The molecule has 0 aromatic heterocycles. The van der Waals surface area contributed by atoms with Crippen LogP contribution in [-0.2, 0) is 4.74 Å². The highest BCUT2D eigenvalue weighted by Gasteiger charge is 2.28. The second-order valence-electron chi connectivity index (χ2n) is 6.47. The quantitative estimate of drug-likeness (QED) is 0.602. The number of allylic oxidation sites excluding steroid dienone is 2. The van der Waals surface area contributed by atoms with Crippen molar-refractivity contribution in [3.63, 3.8) is 0 Å². The summed E-state index contributed by atoms with van der Waals surface area (Å²) in [4.78, 5) is 1.35. The molecule has 3 nitrogen and oxygen atoms in total. The van der Waals surface area contributed by atoms with Crippen LogP contribution in [0, 0.1) is 6.92 Å². The van der Waals surface area contributed by atoms with Crippen LogP contribution in [0.5, 0.6) is 0 Å². The molecule has 1 aromatic rings. The second-order valence-corrected chi connectivity index (χ2v) is 7.64. The Morgan fingerprint density at radius 3 is 3.04 bits per heavy atom. The topological polar surface area (TPSA) is 24.5 Å². The molecule has 1 aliphatic heterocycles. The monoisotopic (exact) mass is 344 g/mol.